The van der Waals surface area contributed by atoms with Crippen molar-refractivity contribution in [3.05, 3.63) is 70.0 Å². The molecule has 0 saturated heterocycles. The number of halogens is 1. The monoisotopic (exact) mass is 244 g/mol. The second-order valence-corrected chi connectivity index (χ2v) is 4.82. The molecule has 0 atom stereocenters. The van der Waals surface area contributed by atoms with Gasteiger partial charge in [-0.15, -0.1) is 0 Å². The molecule has 0 amide bonds. The van der Waals surface area contributed by atoms with Gasteiger partial charge in [-0.2, -0.15) is 0 Å². The second-order valence-electron chi connectivity index (χ2n) is 4.82. The molecule has 96 valence electrons. The Kier molecular flexibility index (Phi) is 5.08. The van der Waals surface area contributed by atoms with E-state index in [1.165, 1.54) is 28.8 Å². The molecule has 2 aromatic rings. The van der Waals surface area contributed by atoms with Gasteiger partial charge in [0, 0.05) is 0 Å². The van der Waals surface area contributed by atoms with Crippen molar-refractivity contribution in [1.29, 1.82) is 0 Å². The Balaban J connectivity index is 0.000000180. The van der Waals surface area contributed by atoms with E-state index in [-0.39, 0.29) is 5.82 Å². The van der Waals surface area contributed by atoms with Gasteiger partial charge in [-0.1, -0.05) is 29.8 Å². The number of benzene rings is 2. The largest absolute Gasteiger partial charge is 0.207 e. The molecule has 0 bridgehead atoms. The molecule has 0 saturated carbocycles. The fourth-order valence-corrected chi connectivity index (χ4v) is 1.60. The number of aryl methyl sites for hydroxylation is 5. The maximum atomic E-state index is 12.3. The second kappa shape index (κ2) is 6.34. The van der Waals surface area contributed by atoms with Gasteiger partial charge >= 0.3 is 0 Å². The fourth-order valence-electron chi connectivity index (χ4n) is 1.60. The van der Waals surface area contributed by atoms with Crippen LogP contribution in [0.15, 0.2) is 36.4 Å². The number of hydrogen-bond donors (Lipinski definition) is 0. The Morgan fingerprint density at radius 2 is 1.11 bits per heavy atom. The summed E-state index contributed by atoms with van der Waals surface area (Å²) in [4.78, 5) is 0. The predicted molar refractivity (Wildman–Crippen MR) is 76.5 cm³/mol. The van der Waals surface area contributed by atoms with Crippen molar-refractivity contribution in [1.82, 2.24) is 0 Å². The van der Waals surface area contributed by atoms with Crippen molar-refractivity contribution in [2.45, 2.75) is 34.6 Å². The minimum absolute atomic E-state index is 0.155. The lowest BCUT2D eigenvalue weighted by atomic mass is 10.1. The molecule has 0 N–H and O–H groups in total. The van der Waals surface area contributed by atoms with Gasteiger partial charge in [-0.05, 0) is 69.0 Å². The fraction of sp³-hybridized carbons (Fsp3) is 0.294. The molecule has 0 spiro atoms. The zero-order valence-corrected chi connectivity index (χ0v) is 11.8. The maximum Gasteiger partial charge on any atom is 0.123 e. The van der Waals surface area contributed by atoms with Gasteiger partial charge in [0.15, 0.2) is 0 Å². The van der Waals surface area contributed by atoms with Crippen LogP contribution in [0.2, 0.25) is 0 Å². The average Bonchev–Trinajstić information content (AvgIpc) is 2.30. The van der Waals surface area contributed by atoms with Crippen LogP contribution < -0.4 is 0 Å². The van der Waals surface area contributed by atoms with E-state index in [1.807, 2.05) is 13.8 Å². The number of rotatable bonds is 0. The van der Waals surface area contributed by atoms with Gasteiger partial charge in [-0.3, -0.25) is 0 Å². The summed E-state index contributed by atoms with van der Waals surface area (Å²) in [5, 5.41) is 0. The summed E-state index contributed by atoms with van der Waals surface area (Å²) < 4.78 is 12.3. The standard InChI is InChI=1S/C9H12.C8H9F/c1-7-4-5-8(2)9(3)6-7;1-6-3-4-8(9)5-7(6)2/h4-6H,1-3H3;3-5H,1-2H3. The molecule has 0 aromatic heterocycles. The van der Waals surface area contributed by atoms with Crippen LogP contribution in [0.25, 0.3) is 0 Å². The summed E-state index contributed by atoms with van der Waals surface area (Å²) >= 11 is 0. The van der Waals surface area contributed by atoms with Gasteiger partial charge < -0.3 is 0 Å². The third-order valence-corrected chi connectivity index (χ3v) is 3.13. The van der Waals surface area contributed by atoms with Crippen LogP contribution >= 0.6 is 0 Å². The molecule has 0 heterocycles. The van der Waals surface area contributed by atoms with E-state index in [4.69, 9.17) is 0 Å². The Morgan fingerprint density at radius 3 is 1.50 bits per heavy atom. The molecule has 0 aliphatic rings. The minimum Gasteiger partial charge on any atom is -0.207 e. The van der Waals surface area contributed by atoms with Crippen molar-refractivity contribution >= 4 is 0 Å². The van der Waals surface area contributed by atoms with Crippen molar-refractivity contribution in [2.75, 3.05) is 0 Å². The van der Waals surface area contributed by atoms with E-state index in [0.717, 1.165) is 11.1 Å². The SMILES string of the molecule is Cc1ccc(C)c(C)c1.Cc1ccc(F)cc1C. The van der Waals surface area contributed by atoms with Crippen molar-refractivity contribution in [3.8, 4) is 0 Å². The third kappa shape index (κ3) is 4.33. The molecule has 0 unspecified atom stereocenters. The molecule has 18 heavy (non-hydrogen) atoms. The van der Waals surface area contributed by atoms with Gasteiger partial charge in [0.05, 0.1) is 0 Å². The van der Waals surface area contributed by atoms with Crippen LogP contribution in [0.4, 0.5) is 4.39 Å². The van der Waals surface area contributed by atoms with Crippen LogP contribution in [0.3, 0.4) is 0 Å². The van der Waals surface area contributed by atoms with Crippen molar-refractivity contribution < 1.29 is 4.39 Å². The summed E-state index contributed by atoms with van der Waals surface area (Å²) in [7, 11) is 0. The van der Waals surface area contributed by atoms with Crippen LogP contribution in [0, 0.1) is 40.4 Å². The molecule has 1 heteroatoms. The molecule has 2 rings (SSSR count). The van der Waals surface area contributed by atoms with E-state index in [1.54, 1.807) is 6.07 Å². The summed E-state index contributed by atoms with van der Waals surface area (Å²) in [5.74, 6) is -0.155. The third-order valence-electron chi connectivity index (χ3n) is 3.13. The Hall–Kier alpha value is -1.63. The zero-order chi connectivity index (χ0) is 13.7. The van der Waals surface area contributed by atoms with Crippen LogP contribution in [0.5, 0.6) is 0 Å². The van der Waals surface area contributed by atoms with Crippen LogP contribution in [-0.2, 0) is 0 Å². The molecule has 0 nitrogen and oxygen atoms in total. The van der Waals surface area contributed by atoms with Crippen LogP contribution in [-0.4, -0.2) is 0 Å². The maximum absolute atomic E-state index is 12.3. The zero-order valence-electron chi connectivity index (χ0n) is 11.8. The first-order valence-electron chi connectivity index (χ1n) is 6.17. The van der Waals surface area contributed by atoms with E-state index >= 15 is 0 Å². The average molecular weight is 244 g/mol. The van der Waals surface area contributed by atoms with E-state index in [2.05, 4.69) is 39.0 Å². The molecular formula is C17H21F. The summed E-state index contributed by atoms with van der Waals surface area (Å²) in [6.07, 6.45) is 0. The molecule has 0 fully saturated rings. The Morgan fingerprint density at radius 1 is 0.611 bits per heavy atom. The van der Waals surface area contributed by atoms with E-state index in [9.17, 15) is 4.39 Å². The quantitative estimate of drug-likeness (QED) is 0.608. The minimum atomic E-state index is -0.155. The first kappa shape index (κ1) is 14.4. The summed E-state index contributed by atoms with van der Waals surface area (Å²) in [5.41, 5.74) is 6.25. The first-order valence-corrected chi connectivity index (χ1v) is 6.17. The molecule has 0 radical (unpaired) electrons. The molecule has 2 aromatic carbocycles. The van der Waals surface area contributed by atoms with Crippen molar-refractivity contribution in [2.24, 2.45) is 0 Å². The first-order chi connectivity index (χ1) is 8.40. The topological polar surface area (TPSA) is 0 Å². The lowest BCUT2D eigenvalue weighted by Crippen LogP contribution is -1.80. The molecule has 0 aliphatic heterocycles. The van der Waals surface area contributed by atoms with Crippen molar-refractivity contribution in [3.63, 3.8) is 0 Å². The highest BCUT2D eigenvalue weighted by Gasteiger charge is 1.92. The normalized spacial score (nSPS) is 9.67. The van der Waals surface area contributed by atoms with Crippen LogP contribution in [0.1, 0.15) is 27.8 Å². The highest BCUT2D eigenvalue weighted by Crippen LogP contribution is 2.08. The van der Waals surface area contributed by atoms with Gasteiger partial charge in [0.2, 0.25) is 0 Å². The molecular weight excluding hydrogens is 223 g/mol. The highest BCUT2D eigenvalue weighted by atomic mass is 19.1. The lowest BCUT2D eigenvalue weighted by Gasteiger charge is -1.98. The van der Waals surface area contributed by atoms with E-state index in [0.29, 0.717) is 0 Å². The summed E-state index contributed by atoms with van der Waals surface area (Å²) in [6, 6.07) is 11.3. The summed E-state index contributed by atoms with van der Waals surface area (Å²) in [6.45, 7) is 10.3. The predicted octanol–water partition coefficient (Wildman–Crippen LogP) is 5.05. The van der Waals surface area contributed by atoms with E-state index < -0.39 is 0 Å². The van der Waals surface area contributed by atoms with Gasteiger partial charge in [0.1, 0.15) is 5.82 Å². The Bertz CT molecular complexity index is 478. The highest BCUT2D eigenvalue weighted by molar-refractivity contribution is 5.28. The lowest BCUT2D eigenvalue weighted by molar-refractivity contribution is 0.626. The van der Waals surface area contributed by atoms with Gasteiger partial charge in [0.25, 0.3) is 0 Å². The molecule has 0 aliphatic carbocycles. The smallest absolute Gasteiger partial charge is 0.123 e. The van der Waals surface area contributed by atoms with Gasteiger partial charge in [-0.25, -0.2) is 4.39 Å². The Labute approximate surface area is 109 Å². The number of hydrogen-bond acceptors (Lipinski definition) is 0.